The molecule has 5 nitrogen and oxygen atoms in total. The van der Waals surface area contributed by atoms with Crippen LogP contribution in [0, 0.1) is 20.8 Å². The zero-order valence-electron chi connectivity index (χ0n) is 12.8. The number of carboxylic acid groups (broad SMARTS) is 1. The summed E-state index contributed by atoms with van der Waals surface area (Å²) in [5.74, 6) is -0.504. The topological polar surface area (TPSA) is 79.5 Å². The van der Waals surface area contributed by atoms with Gasteiger partial charge in [0, 0.05) is 5.56 Å². The molecule has 2 aromatic rings. The lowest BCUT2D eigenvalue weighted by Gasteiger charge is -2.19. The molecule has 1 heterocycles. The number of rotatable bonds is 5. The van der Waals surface area contributed by atoms with E-state index in [1.165, 1.54) is 0 Å². The molecule has 0 radical (unpaired) electrons. The summed E-state index contributed by atoms with van der Waals surface area (Å²) in [7, 11) is 0. The molecule has 1 amide bonds. The van der Waals surface area contributed by atoms with Gasteiger partial charge in [-0.05, 0) is 38.0 Å². The van der Waals surface area contributed by atoms with Crippen LogP contribution >= 0.6 is 0 Å². The van der Waals surface area contributed by atoms with Crippen molar-refractivity contribution in [1.82, 2.24) is 5.32 Å². The summed E-state index contributed by atoms with van der Waals surface area (Å²) in [6.07, 6.45) is -0.185. The molecule has 0 saturated carbocycles. The van der Waals surface area contributed by atoms with E-state index in [-0.39, 0.29) is 12.2 Å². The fraction of sp³-hybridized carbons (Fsp3) is 0.294. The predicted octanol–water partition coefficient (Wildman–Crippen LogP) is 3.15. The molecular weight excluding hydrogens is 282 g/mol. The molecule has 5 heteroatoms. The third-order valence-corrected chi connectivity index (χ3v) is 3.50. The first-order chi connectivity index (χ1) is 10.4. The SMILES string of the molecule is Cc1cc(C)c(C(=O)N[C@H](CC(=O)O)c2ccccc2C)o1. The number of amides is 1. The number of aryl methyl sites for hydroxylation is 3. The summed E-state index contributed by atoms with van der Waals surface area (Å²) in [4.78, 5) is 23.5. The number of nitrogens with one attached hydrogen (secondary N) is 1. The first-order valence-electron chi connectivity index (χ1n) is 7.03. The van der Waals surface area contributed by atoms with Crippen LogP contribution in [0.4, 0.5) is 0 Å². The number of carbonyl (C=O) groups is 2. The maximum Gasteiger partial charge on any atom is 0.305 e. The minimum atomic E-state index is -0.971. The van der Waals surface area contributed by atoms with Gasteiger partial charge < -0.3 is 14.8 Å². The highest BCUT2D eigenvalue weighted by molar-refractivity contribution is 5.93. The molecule has 1 aromatic heterocycles. The van der Waals surface area contributed by atoms with Crippen molar-refractivity contribution in [2.24, 2.45) is 0 Å². The first kappa shape index (κ1) is 15.8. The third kappa shape index (κ3) is 3.55. The number of carboxylic acids is 1. The number of hydrogen-bond acceptors (Lipinski definition) is 3. The normalized spacial score (nSPS) is 12.0. The quantitative estimate of drug-likeness (QED) is 0.889. The highest BCUT2D eigenvalue weighted by atomic mass is 16.4. The van der Waals surface area contributed by atoms with Crippen molar-refractivity contribution in [3.63, 3.8) is 0 Å². The van der Waals surface area contributed by atoms with Gasteiger partial charge in [0.15, 0.2) is 5.76 Å². The van der Waals surface area contributed by atoms with E-state index in [0.717, 1.165) is 16.7 Å². The molecule has 0 bridgehead atoms. The lowest BCUT2D eigenvalue weighted by molar-refractivity contribution is -0.137. The molecule has 0 fully saturated rings. The summed E-state index contributed by atoms with van der Waals surface area (Å²) in [5.41, 5.74) is 2.45. The summed E-state index contributed by atoms with van der Waals surface area (Å²) in [5, 5.41) is 11.9. The Bertz CT molecular complexity index is 702. The summed E-state index contributed by atoms with van der Waals surface area (Å²) in [6, 6.07) is 8.58. The van der Waals surface area contributed by atoms with Crippen LogP contribution in [-0.4, -0.2) is 17.0 Å². The van der Waals surface area contributed by atoms with Gasteiger partial charge in [0.25, 0.3) is 5.91 Å². The fourth-order valence-corrected chi connectivity index (χ4v) is 2.48. The van der Waals surface area contributed by atoms with Crippen LogP contribution in [0.3, 0.4) is 0 Å². The molecule has 116 valence electrons. The van der Waals surface area contributed by atoms with Crippen LogP contribution in [0.1, 0.15) is 45.5 Å². The molecule has 0 aliphatic heterocycles. The fourth-order valence-electron chi connectivity index (χ4n) is 2.48. The van der Waals surface area contributed by atoms with Crippen LogP contribution in [-0.2, 0) is 4.79 Å². The van der Waals surface area contributed by atoms with Crippen LogP contribution in [0.15, 0.2) is 34.7 Å². The van der Waals surface area contributed by atoms with E-state index >= 15 is 0 Å². The number of carbonyl (C=O) groups excluding carboxylic acids is 1. The monoisotopic (exact) mass is 301 g/mol. The number of furan rings is 1. The predicted molar refractivity (Wildman–Crippen MR) is 81.8 cm³/mol. The van der Waals surface area contributed by atoms with Crippen LogP contribution in [0.25, 0.3) is 0 Å². The van der Waals surface area contributed by atoms with Crippen LogP contribution in [0.2, 0.25) is 0 Å². The molecule has 0 spiro atoms. The van der Waals surface area contributed by atoms with Crippen LogP contribution in [0.5, 0.6) is 0 Å². The van der Waals surface area contributed by atoms with E-state index in [4.69, 9.17) is 9.52 Å². The lowest BCUT2D eigenvalue weighted by Crippen LogP contribution is -2.30. The van der Waals surface area contributed by atoms with E-state index in [1.807, 2.05) is 31.2 Å². The van der Waals surface area contributed by atoms with E-state index < -0.39 is 17.9 Å². The van der Waals surface area contributed by atoms with Gasteiger partial charge in [-0.25, -0.2) is 0 Å². The Hall–Kier alpha value is -2.56. The average molecular weight is 301 g/mol. The second-order valence-electron chi connectivity index (χ2n) is 5.35. The van der Waals surface area contributed by atoms with Gasteiger partial charge in [0.2, 0.25) is 0 Å². The van der Waals surface area contributed by atoms with Gasteiger partial charge in [-0.2, -0.15) is 0 Å². The molecule has 2 N–H and O–H groups in total. The smallest absolute Gasteiger partial charge is 0.305 e. The highest BCUT2D eigenvalue weighted by Crippen LogP contribution is 2.22. The van der Waals surface area contributed by atoms with Crippen molar-refractivity contribution in [2.75, 3.05) is 0 Å². The van der Waals surface area contributed by atoms with Crippen molar-refractivity contribution >= 4 is 11.9 Å². The van der Waals surface area contributed by atoms with E-state index in [1.54, 1.807) is 19.9 Å². The third-order valence-electron chi connectivity index (χ3n) is 3.50. The Morgan fingerprint density at radius 3 is 2.41 bits per heavy atom. The molecule has 1 atom stereocenters. The van der Waals surface area contributed by atoms with E-state index in [9.17, 15) is 9.59 Å². The van der Waals surface area contributed by atoms with Crippen LogP contribution < -0.4 is 5.32 Å². The standard InChI is InChI=1S/C17H19NO4/c1-10-6-4-5-7-13(10)14(9-15(19)20)18-17(21)16-11(2)8-12(3)22-16/h4-8,14H,9H2,1-3H3,(H,18,21)(H,19,20)/t14-/m1/s1. The highest BCUT2D eigenvalue weighted by Gasteiger charge is 2.23. The first-order valence-corrected chi connectivity index (χ1v) is 7.03. The molecule has 0 aliphatic carbocycles. The van der Waals surface area contributed by atoms with Gasteiger partial charge in [0.05, 0.1) is 12.5 Å². The van der Waals surface area contributed by atoms with Gasteiger partial charge in [-0.15, -0.1) is 0 Å². The summed E-state index contributed by atoms with van der Waals surface area (Å²) >= 11 is 0. The molecule has 0 aliphatic rings. The number of benzene rings is 1. The van der Waals surface area contributed by atoms with Crippen molar-refractivity contribution in [3.8, 4) is 0 Å². The maximum atomic E-state index is 12.4. The van der Waals surface area contributed by atoms with Gasteiger partial charge >= 0.3 is 5.97 Å². The lowest BCUT2D eigenvalue weighted by atomic mass is 9.98. The molecule has 1 aromatic carbocycles. The summed E-state index contributed by atoms with van der Waals surface area (Å²) in [6.45, 7) is 5.43. The second-order valence-corrected chi connectivity index (χ2v) is 5.35. The molecular formula is C17H19NO4. The van der Waals surface area contributed by atoms with Gasteiger partial charge in [-0.1, -0.05) is 24.3 Å². The minimum Gasteiger partial charge on any atom is -0.481 e. The molecule has 2 rings (SSSR count). The Morgan fingerprint density at radius 1 is 1.18 bits per heavy atom. The van der Waals surface area contributed by atoms with Gasteiger partial charge in [0.1, 0.15) is 5.76 Å². The molecule has 0 unspecified atom stereocenters. The maximum absolute atomic E-state index is 12.4. The zero-order chi connectivity index (χ0) is 16.3. The minimum absolute atomic E-state index is 0.185. The Balaban J connectivity index is 2.27. The Morgan fingerprint density at radius 2 is 1.86 bits per heavy atom. The largest absolute Gasteiger partial charge is 0.481 e. The van der Waals surface area contributed by atoms with Gasteiger partial charge in [-0.3, -0.25) is 9.59 Å². The molecule has 0 saturated heterocycles. The van der Waals surface area contributed by atoms with E-state index in [2.05, 4.69) is 5.32 Å². The average Bonchev–Trinajstić information content (AvgIpc) is 2.77. The van der Waals surface area contributed by atoms with Crippen molar-refractivity contribution in [1.29, 1.82) is 0 Å². The van der Waals surface area contributed by atoms with Crippen molar-refractivity contribution in [2.45, 2.75) is 33.2 Å². The zero-order valence-corrected chi connectivity index (χ0v) is 12.8. The summed E-state index contributed by atoms with van der Waals surface area (Å²) < 4.78 is 5.39. The number of aliphatic carboxylic acids is 1. The Labute approximate surface area is 129 Å². The van der Waals surface area contributed by atoms with Crippen molar-refractivity contribution < 1.29 is 19.1 Å². The number of hydrogen-bond donors (Lipinski definition) is 2. The second kappa shape index (κ2) is 6.47. The Kier molecular flexibility index (Phi) is 4.65. The van der Waals surface area contributed by atoms with E-state index in [0.29, 0.717) is 5.76 Å². The molecule has 22 heavy (non-hydrogen) atoms. The van der Waals surface area contributed by atoms with Crippen molar-refractivity contribution in [3.05, 3.63) is 58.5 Å².